The maximum absolute atomic E-state index is 14.8. The normalized spacial score (nSPS) is 22.1. The summed E-state index contributed by atoms with van der Waals surface area (Å²) in [6.45, 7) is 4.06. The number of fused-ring (bicyclic) bond motifs is 1. The molecular weight excluding hydrogens is 373 g/mol. The molecule has 27 heavy (non-hydrogen) atoms. The van der Waals surface area contributed by atoms with Crippen LogP contribution >= 0.6 is 12.4 Å². The average Bonchev–Trinajstić information content (AvgIpc) is 3.37. The molecule has 0 bridgehead atoms. The zero-order valence-corrected chi connectivity index (χ0v) is 15.8. The molecule has 0 unspecified atom stereocenters. The van der Waals surface area contributed by atoms with Gasteiger partial charge in [0, 0.05) is 30.7 Å². The highest BCUT2D eigenvalue weighted by Crippen LogP contribution is 2.39. The highest BCUT2D eigenvalue weighted by molar-refractivity contribution is 5.93. The Morgan fingerprint density at radius 3 is 2.59 bits per heavy atom. The van der Waals surface area contributed by atoms with Gasteiger partial charge in [0.25, 0.3) is 0 Å². The fraction of sp³-hybridized carbons (Fsp3) is 0.474. The van der Waals surface area contributed by atoms with E-state index in [4.69, 9.17) is 5.73 Å². The van der Waals surface area contributed by atoms with Crippen LogP contribution in [0.3, 0.4) is 0 Å². The van der Waals surface area contributed by atoms with Gasteiger partial charge in [0.05, 0.1) is 11.2 Å². The van der Waals surface area contributed by atoms with Crippen molar-refractivity contribution in [3.63, 3.8) is 0 Å². The summed E-state index contributed by atoms with van der Waals surface area (Å²) in [5, 5.41) is 9.43. The van der Waals surface area contributed by atoms with Gasteiger partial charge in [0.1, 0.15) is 11.4 Å². The van der Waals surface area contributed by atoms with Gasteiger partial charge in [-0.25, -0.2) is 9.18 Å². The number of nitrogens with zero attached hydrogens (tertiary/aromatic N) is 2. The van der Waals surface area contributed by atoms with Crippen molar-refractivity contribution in [2.24, 2.45) is 17.6 Å². The second-order valence-corrected chi connectivity index (χ2v) is 7.51. The lowest BCUT2D eigenvalue weighted by atomic mass is 9.99. The molecule has 0 spiro atoms. The standard InChI is InChI=1S/C19H22FN3O3.ClH/c1-10-7-22(8-11(10)6-21)17-5-16-13(4-15(17)20)18(24)14(19(25)26)9-23(16)12-2-3-12;/h4-5,9-12H,2-3,6-8,21H2,1H3,(H,25,26);1H/t10-,11+;/m0./s1. The molecule has 0 radical (unpaired) electrons. The minimum atomic E-state index is -1.28. The molecular formula is C19H23ClFN3O3. The molecule has 1 aliphatic heterocycles. The summed E-state index contributed by atoms with van der Waals surface area (Å²) in [5.74, 6) is -1.10. The van der Waals surface area contributed by atoms with Crippen LogP contribution in [0.1, 0.15) is 36.2 Å². The van der Waals surface area contributed by atoms with E-state index < -0.39 is 17.2 Å². The second kappa shape index (κ2) is 7.13. The molecule has 1 aromatic heterocycles. The molecule has 1 aliphatic carbocycles. The Morgan fingerprint density at radius 1 is 1.33 bits per heavy atom. The Balaban J connectivity index is 0.00000210. The van der Waals surface area contributed by atoms with E-state index in [0.717, 1.165) is 12.8 Å². The van der Waals surface area contributed by atoms with Crippen LogP contribution in [0, 0.1) is 17.7 Å². The smallest absolute Gasteiger partial charge is 0.341 e. The fourth-order valence-corrected chi connectivity index (χ4v) is 3.95. The summed E-state index contributed by atoms with van der Waals surface area (Å²) in [5.41, 5.74) is 5.92. The Labute approximate surface area is 162 Å². The van der Waals surface area contributed by atoms with E-state index in [1.165, 1.54) is 12.3 Å². The summed E-state index contributed by atoms with van der Waals surface area (Å²) >= 11 is 0. The molecule has 2 atom stereocenters. The van der Waals surface area contributed by atoms with Crippen LogP contribution in [-0.4, -0.2) is 35.3 Å². The van der Waals surface area contributed by atoms with E-state index in [-0.39, 0.29) is 29.4 Å². The number of anilines is 1. The largest absolute Gasteiger partial charge is 0.477 e. The molecule has 6 nitrogen and oxygen atoms in total. The van der Waals surface area contributed by atoms with Crippen LogP contribution in [0.2, 0.25) is 0 Å². The van der Waals surface area contributed by atoms with Crippen molar-refractivity contribution in [1.29, 1.82) is 0 Å². The minimum absolute atomic E-state index is 0. The monoisotopic (exact) mass is 395 g/mol. The number of hydrogen-bond acceptors (Lipinski definition) is 4. The van der Waals surface area contributed by atoms with Crippen molar-refractivity contribution in [1.82, 2.24) is 4.57 Å². The van der Waals surface area contributed by atoms with Gasteiger partial charge in [-0.15, -0.1) is 12.4 Å². The predicted molar refractivity (Wildman–Crippen MR) is 105 cm³/mol. The van der Waals surface area contributed by atoms with Crippen LogP contribution in [0.15, 0.2) is 23.1 Å². The van der Waals surface area contributed by atoms with Crippen molar-refractivity contribution in [3.8, 4) is 0 Å². The quantitative estimate of drug-likeness (QED) is 0.830. The molecule has 1 aromatic carbocycles. The van der Waals surface area contributed by atoms with Gasteiger partial charge in [-0.3, -0.25) is 4.79 Å². The highest BCUT2D eigenvalue weighted by atomic mass is 35.5. The molecule has 1 saturated carbocycles. The first-order chi connectivity index (χ1) is 12.4. The Kier molecular flexibility index (Phi) is 5.18. The summed E-state index contributed by atoms with van der Waals surface area (Å²) in [7, 11) is 0. The molecule has 146 valence electrons. The molecule has 1 saturated heterocycles. The number of rotatable bonds is 4. The van der Waals surface area contributed by atoms with E-state index in [2.05, 4.69) is 6.92 Å². The van der Waals surface area contributed by atoms with Gasteiger partial charge in [-0.1, -0.05) is 6.92 Å². The fourth-order valence-electron chi connectivity index (χ4n) is 3.95. The lowest BCUT2D eigenvalue weighted by Crippen LogP contribution is -2.24. The molecule has 2 aromatic rings. The first-order valence-corrected chi connectivity index (χ1v) is 8.97. The number of carboxylic acid groups (broad SMARTS) is 1. The third kappa shape index (κ3) is 3.30. The van der Waals surface area contributed by atoms with Crippen molar-refractivity contribution in [2.75, 3.05) is 24.5 Å². The number of benzene rings is 1. The summed E-state index contributed by atoms with van der Waals surface area (Å²) in [4.78, 5) is 25.9. The maximum Gasteiger partial charge on any atom is 0.341 e. The zero-order valence-electron chi connectivity index (χ0n) is 15.0. The molecule has 8 heteroatoms. The number of carbonyl (C=O) groups is 1. The topological polar surface area (TPSA) is 88.6 Å². The number of hydrogen-bond donors (Lipinski definition) is 2. The molecule has 2 heterocycles. The van der Waals surface area contributed by atoms with Crippen molar-refractivity contribution in [3.05, 3.63) is 39.9 Å². The van der Waals surface area contributed by atoms with E-state index in [9.17, 15) is 19.1 Å². The van der Waals surface area contributed by atoms with Crippen molar-refractivity contribution in [2.45, 2.75) is 25.8 Å². The second-order valence-electron chi connectivity index (χ2n) is 7.51. The van der Waals surface area contributed by atoms with Gasteiger partial charge < -0.3 is 20.3 Å². The predicted octanol–water partition coefficient (Wildman–Crippen LogP) is 2.63. The number of aromatic carboxylic acids is 1. The van der Waals surface area contributed by atoms with Crippen molar-refractivity contribution < 1.29 is 14.3 Å². The number of aromatic nitrogens is 1. The summed E-state index contributed by atoms with van der Waals surface area (Å²) in [6.07, 6.45) is 3.26. The van der Waals surface area contributed by atoms with Gasteiger partial charge in [0.2, 0.25) is 5.43 Å². The van der Waals surface area contributed by atoms with Crippen LogP contribution < -0.4 is 16.1 Å². The summed E-state index contributed by atoms with van der Waals surface area (Å²) in [6, 6.07) is 3.06. The Morgan fingerprint density at radius 2 is 2.04 bits per heavy atom. The van der Waals surface area contributed by atoms with E-state index in [0.29, 0.717) is 42.7 Å². The van der Waals surface area contributed by atoms with Crippen LogP contribution in [-0.2, 0) is 0 Å². The molecule has 3 N–H and O–H groups in total. The van der Waals surface area contributed by atoms with Gasteiger partial charge in [0.15, 0.2) is 0 Å². The third-order valence-corrected chi connectivity index (χ3v) is 5.68. The number of halogens is 2. The molecule has 2 aliphatic rings. The molecule has 2 fully saturated rings. The maximum atomic E-state index is 14.8. The molecule has 0 amide bonds. The average molecular weight is 396 g/mol. The van der Waals surface area contributed by atoms with Gasteiger partial charge in [-0.2, -0.15) is 0 Å². The Hall–Kier alpha value is -2.12. The van der Waals surface area contributed by atoms with Crippen molar-refractivity contribution >= 4 is 35.0 Å². The number of pyridine rings is 1. The minimum Gasteiger partial charge on any atom is -0.477 e. The van der Waals surface area contributed by atoms with E-state index in [1.54, 1.807) is 6.07 Å². The van der Waals surface area contributed by atoms with E-state index >= 15 is 0 Å². The zero-order chi connectivity index (χ0) is 18.6. The van der Waals surface area contributed by atoms with Gasteiger partial charge >= 0.3 is 5.97 Å². The van der Waals surface area contributed by atoms with Gasteiger partial charge in [-0.05, 0) is 43.4 Å². The highest BCUT2D eigenvalue weighted by Gasteiger charge is 2.32. The lowest BCUT2D eigenvalue weighted by Gasteiger charge is -2.21. The first kappa shape index (κ1) is 19.6. The Bertz CT molecular complexity index is 957. The third-order valence-electron chi connectivity index (χ3n) is 5.68. The van der Waals surface area contributed by atoms with Crippen LogP contribution in [0.4, 0.5) is 10.1 Å². The lowest BCUT2D eigenvalue weighted by molar-refractivity contribution is 0.0695. The summed E-state index contributed by atoms with van der Waals surface area (Å²) < 4.78 is 16.6. The first-order valence-electron chi connectivity index (χ1n) is 8.97. The number of carboxylic acids is 1. The van der Waals surface area contributed by atoms with Crippen LogP contribution in [0.25, 0.3) is 10.9 Å². The molecule has 4 rings (SSSR count). The SMILES string of the molecule is C[C@H]1CN(c2cc3c(cc2F)c(=O)c(C(=O)O)cn3C2CC2)C[C@H]1CN.Cl. The van der Waals surface area contributed by atoms with E-state index in [1.807, 2.05) is 9.47 Å². The van der Waals surface area contributed by atoms with Crippen LogP contribution in [0.5, 0.6) is 0 Å². The number of nitrogens with two attached hydrogens (primary N) is 1.